The van der Waals surface area contributed by atoms with Gasteiger partial charge >= 0.3 is 0 Å². The van der Waals surface area contributed by atoms with Crippen LogP contribution in [0.2, 0.25) is 0 Å². The van der Waals surface area contributed by atoms with E-state index in [0.29, 0.717) is 6.04 Å². The van der Waals surface area contributed by atoms with Crippen LogP contribution in [0.3, 0.4) is 0 Å². The molecule has 1 fully saturated rings. The molecule has 0 bridgehead atoms. The van der Waals surface area contributed by atoms with Crippen molar-refractivity contribution in [1.29, 1.82) is 0 Å². The number of methoxy groups -OCH3 is 1. The van der Waals surface area contributed by atoms with Crippen molar-refractivity contribution in [3.63, 3.8) is 0 Å². The first-order valence-corrected chi connectivity index (χ1v) is 10.6. The lowest BCUT2D eigenvalue weighted by Gasteiger charge is -2.36. The van der Waals surface area contributed by atoms with E-state index in [0.717, 1.165) is 41.8 Å². The third-order valence-corrected chi connectivity index (χ3v) is 5.96. The Morgan fingerprint density at radius 3 is 2.34 bits per heavy atom. The van der Waals surface area contributed by atoms with E-state index in [1.54, 1.807) is 7.11 Å². The number of piperidine rings is 1. The summed E-state index contributed by atoms with van der Waals surface area (Å²) in [6.45, 7) is 3.22. The third-order valence-electron chi connectivity index (χ3n) is 5.96. The normalized spacial score (nSPS) is 18.7. The van der Waals surface area contributed by atoms with Crippen molar-refractivity contribution in [2.75, 3.05) is 13.7 Å². The monoisotopic (exact) mass is 476 g/mol. The predicted molar refractivity (Wildman–Crippen MR) is 135 cm³/mol. The van der Waals surface area contributed by atoms with Crippen LogP contribution in [-0.2, 0) is 0 Å². The number of benzene rings is 3. The van der Waals surface area contributed by atoms with Crippen molar-refractivity contribution in [2.45, 2.75) is 37.9 Å². The minimum absolute atomic E-state index is 0. The van der Waals surface area contributed by atoms with Gasteiger partial charge in [0.2, 0.25) is 0 Å². The fourth-order valence-corrected chi connectivity index (χ4v) is 4.38. The van der Waals surface area contributed by atoms with E-state index < -0.39 is 0 Å². The number of ether oxygens (including phenoxy) is 1. The highest BCUT2D eigenvalue weighted by molar-refractivity contribution is 5.85. The van der Waals surface area contributed by atoms with Crippen molar-refractivity contribution in [3.05, 3.63) is 89.7 Å². The molecule has 0 spiro atoms. The molecule has 0 radical (unpaired) electrons. The summed E-state index contributed by atoms with van der Waals surface area (Å²) in [6.07, 6.45) is 2.28. The smallest absolute Gasteiger partial charge is 0.123 e. The Labute approximate surface area is 202 Å². The molecule has 1 aliphatic heterocycles. The molecular weight excluding hydrogens is 446 g/mol. The average Bonchev–Trinajstić information content (AvgIpc) is 2.80. The van der Waals surface area contributed by atoms with Crippen LogP contribution in [0.4, 0.5) is 4.39 Å². The van der Waals surface area contributed by atoms with Crippen LogP contribution in [0.5, 0.6) is 5.75 Å². The van der Waals surface area contributed by atoms with Crippen LogP contribution in [-0.4, -0.2) is 19.7 Å². The maximum absolute atomic E-state index is 13.3. The van der Waals surface area contributed by atoms with Gasteiger partial charge < -0.3 is 15.4 Å². The van der Waals surface area contributed by atoms with Crippen molar-refractivity contribution < 1.29 is 9.13 Å². The highest BCUT2D eigenvalue weighted by Gasteiger charge is 2.28. The standard InChI is InChI=1S/C26H29FN2O.2ClH/c1-18(29-24-9-6-16-28-26(24)20-7-4-3-5-8-20)23-17-21(12-15-25(23)30-2)19-10-13-22(27)14-11-19;;/h3-5,7-8,10-15,17-18,24,26,28-29H,6,9,16H2,1-2H3;2*1H/t18-,24-,26-;;/m0../s1. The molecule has 4 rings (SSSR count). The van der Waals surface area contributed by atoms with E-state index in [9.17, 15) is 4.39 Å². The van der Waals surface area contributed by atoms with E-state index in [2.05, 4.69) is 54.0 Å². The van der Waals surface area contributed by atoms with E-state index in [4.69, 9.17) is 4.74 Å². The molecule has 0 aromatic heterocycles. The lowest BCUT2D eigenvalue weighted by molar-refractivity contribution is 0.284. The molecule has 1 saturated heterocycles. The summed E-state index contributed by atoms with van der Waals surface area (Å²) in [5.41, 5.74) is 4.47. The Morgan fingerprint density at radius 2 is 1.66 bits per heavy atom. The highest BCUT2D eigenvalue weighted by atomic mass is 35.5. The second kappa shape index (κ2) is 12.2. The molecule has 2 N–H and O–H groups in total. The molecule has 6 heteroatoms. The second-order valence-electron chi connectivity index (χ2n) is 7.94. The lowest BCUT2D eigenvalue weighted by Crippen LogP contribution is -2.46. The predicted octanol–water partition coefficient (Wildman–Crippen LogP) is 6.49. The Hall–Kier alpha value is -2.11. The van der Waals surface area contributed by atoms with Crippen LogP contribution in [0.1, 0.15) is 43.0 Å². The van der Waals surface area contributed by atoms with E-state index in [-0.39, 0.29) is 42.7 Å². The van der Waals surface area contributed by atoms with Crippen molar-refractivity contribution >= 4 is 24.8 Å². The number of nitrogens with one attached hydrogen (secondary N) is 2. The summed E-state index contributed by atoms with van der Waals surface area (Å²) in [7, 11) is 1.71. The third kappa shape index (κ3) is 6.02. The molecule has 1 heterocycles. The summed E-state index contributed by atoms with van der Waals surface area (Å²) in [5.74, 6) is 0.639. The second-order valence-corrected chi connectivity index (χ2v) is 7.94. The minimum Gasteiger partial charge on any atom is -0.496 e. The molecule has 0 saturated carbocycles. The molecule has 172 valence electrons. The van der Waals surface area contributed by atoms with E-state index in [1.165, 1.54) is 17.7 Å². The molecule has 0 amide bonds. The summed E-state index contributed by atoms with van der Waals surface area (Å²) >= 11 is 0. The Kier molecular flexibility index (Phi) is 9.98. The summed E-state index contributed by atoms with van der Waals surface area (Å²) < 4.78 is 19.0. The zero-order valence-electron chi connectivity index (χ0n) is 18.4. The maximum Gasteiger partial charge on any atom is 0.123 e. The zero-order valence-corrected chi connectivity index (χ0v) is 20.0. The first-order valence-electron chi connectivity index (χ1n) is 10.6. The summed E-state index contributed by atoms with van der Waals surface area (Å²) in [4.78, 5) is 0. The number of rotatable bonds is 6. The lowest BCUT2D eigenvalue weighted by atomic mass is 9.90. The van der Waals surface area contributed by atoms with Gasteiger partial charge in [0.1, 0.15) is 11.6 Å². The Bertz CT molecular complexity index is 969. The Morgan fingerprint density at radius 1 is 0.969 bits per heavy atom. The van der Waals surface area contributed by atoms with Crippen LogP contribution in [0, 0.1) is 5.82 Å². The first-order chi connectivity index (χ1) is 14.7. The van der Waals surface area contributed by atoms with Crippen LogP contribution in [0.25, 0.3) is 11.1 Å². The van der Waals surface area contributed by atoms with Gasteiger partial charge in [0.25, 0.3) is 0 Å². The SMILES string of the molecule is COc1ccc(-c2ccc(F)cc2)cc1[C@H](C)N[C@H]1CCCN[C@H]1c1ccccc1.Cl.Cl. The largest absolute Gasteiger partial charge is 0.496 e. The molecule has 0 unspecified atom stereocenters. The van der Waals surface area contributed by atoms with Gasteiger partial charge in [-0.25, -0.2) is 4.39 Å². The molecule has 32 heavy (non-hydrogen) atoms. The topological polar surface area (TPSA) is 33.3 Å². The summed E-state index contributed by atoms with van der Waals surface area (Å²) in [6, 6.07) is 24.2. The average molecular weight is 477 g/mol. The molecule has 3 aromatic rings. The molecular formula is C26H31Cl2FN2O. The van der Waals surface area contributed by atoms with Crippen molar-refractivity contribution in [3.8, 4) is 16.9 Å². The van der Waals surface area contributed by atoms with Crippen LogP contribution < -0.4 is 15.4 Å². The van der Waals surface area contributed by atoms with Gasteiger partial charge in [-0.05, 0) is 67.3 Å². The number of hydrogen-bond acceptors (Lipinski definition) is 3. The van der Waals surface area contributed by atoms with Crippen molar-refractivity contribution in [1.82, 2.24) is 10.6 Å². The molecule has 3 nitrogen and oxygen atoms in total. The molecule has 3 atom stereocenters. The van der Waals surface area contributed by atoms with Crippen LogP contribution in [0.15, 0.2) is 72.8 Å². The fourth-order valence-electron chi connectivity index (χ4n) is 4.38. The first kappa shape index (κ1) is 26.1. The van der Waals surface area contributed by atoms with Gasteiger partial charge in [-0.3, -0.25) is 0 Å². The maximum atomic E-state index is 13.3. The zero-order chi connectivity index (χ0) is 20.9. The Balaban J connectivity index is 0.00000181. The van der Waals surface area contributed by atoms with Gasteiger partial charge in [-0.15, -0.1) is 24.8 Å². The van der Waals surface area contributed by atoms with Crippen molar-refractivity contribution in [2.24, 2.45) is 0 Å². The van der Waals surface area contributed by atoms with Gasteiger partial charge in [0, 0.05) is 23.7 Å². The van der Waals surface area contributed by atoms with Gasteiger partial charge in [-0.1, -0.05) is 48.5 Å². The molecule has 3 aromatic carbocycles. The molecule has 0 aliphatic carbocycles. The van der Waals surface area contributed by atoms with Crippen LogP contribution >= 0.6 is 24.8 Å². The highest BCUT2D eigenvalue weighted by Crippen LogP contribution is 2.33. The van der Waals surface area contributed by atoms with E-state index >= 15 is 0 Å². The molecule has 1 aliphatic rings. The fraction of sp³-hybridized carbons (Fsp3) is 0.308. The van der Waals surface area contributed by atoms with Gasteiger partial charge in [0.15, 0.2) is 0 Å². The number of hydrogen-bond donors (Lipinski definition) is 2. The minimum atomic E-state index is -0.223. The van der Waals surface area contributed by atoms with Gasteiger partial charge in [-0.2, -0.15) is 0 Å². The number of halogens is 3. The quantitative estimate of drug-likeness (QED) is 0.426. The van der Waals surface area contributed by atoms with Gasteiger partial charge in [0.05, 0.1) is 7.11 Å². The summed E-state index contributed by atoms with van der Waals surface area (Å²) in [5, 5.41) is 7.53. The van der Waals surface area contributed by atoms with E-state index in [1.807, 2.05) is 24.3 Å².